The van der Waals surface area contributed by atoms with Gasteiger partial charge in [0.15, 0.2) is 5.69 Å². The van der Waals surface area contributed by atoms with Gasteiger partial charge in [-0.2, -0.15) is 4.68 Å². The highest BCUT2D eigenvalue weighted by Crippen LogP contribution is 2.25. The number of hydrogen-bond acceptors (Lipinski definition) is 5. The van der Waals surface area contributed by atoms with E-state index in [1.54, 1.807) is 6.92 Å². The zero-order valence-corrected chi connectivity index (χ0v) is 12.3. The highest BCUT2D eigenvalue weighted by atomic mass is 32.1. The van der Waals surface area contributed by atoms with E-state index in [4.69, 9.17) is 5.11 Å². The third-order valence-electron chi connectivity index (χ3n) is 3.12. The Morgan fingerprint density at radius 3 is 2.57 bits per heavy atom. The predicted octanol–water partition coefficient (Wildman–Crippen LogP) is 2.71. The lowest BCUT2D eigenvalue weighted by molar-refractivity contribution is 0.0689. The maximum Gasteiger partial charge on any atom is 0.358 e. The van der Waals surface area contributed by atoms with Crippen molar-refractivity contribution in [2.24, 2.45) is 0 Å². The second kappa shape index (κ2) is 5.10. The van der Waals surface area contributed by atoms with Crippen molar-refractivity contribution in [2.75, 3.05) is 0 Å². The average molecular weight is 300 g/mol. The van der Waals surface area contributed by atoms with Gasteiger partial charge in [-0.05, 0) is 13.8 Å². The molecule has 6 nitrogen and oxygen atoms in total. The Balaban J connectivity index is 1.99. The van der Waals surface area contributed by atoms with Crippen LogP contribution in [-0.2, 0) is 0 Å². The van der Waals surface area contributed by atoms with Gasteiger partial charge in [0.1, 0.15) is 0 Å². The molecule has 3 aromatic rings. The molecular formula is C14H12N4O2S. The molecule has 0 unspecified atom stereocenters. The first-order valence-corrected chi connectivity index (χ1v) is 7.13. The number of carboxylic acid groups (broad SMARTS) is 1. The maximum absolute atomic E-state index is 11.0. The molecule has 0 spiro atoms. The lowest BCUT2D eigenvalue weighted by atomic mass is 10.1. The summed E-state index contributed by atoms with van der Waals surface area (Å²) in [6, 6.07) is 8.06. The SMILES string of the molecule is Cc1ccc(-c2csc(-n3nnc(C(=O)O)c3C)n2)cc1. The number of carboxylic acids is 1. The molecule has 21 heavy (non-hydrogen) atoms. The molecule has 0 saturated heterocycles. The van der Waals surface area contributed by atoms with Crippen molar-refractivity contribution in [3.05, 3.63) is 46.6 Å². The van der Waals surface area contributed by atoms with E-state index in [0.717, 1.165) is 11.3 Å². The van der Waals surface area contributed by atoms with Crippen LogP contribution in [0.25, 0.3) is 16.4 Å². The number of benzene rings is 1. The predicted molar refractivity (Wildman–Crippen MR) is 78.9 cm³/mol. The fourth-order valence-corrected chi connectivity index (χ4v) is 2.76. The monoisotopic (exact) mass is 300 g/mol. The number of rotatable bonds is 3. The molecule has 0 saturated carbocycles. The third kappa shape index (κ3) is 2.43. The van der Waals surface area contributed by atoms with Crippen LogP contribution in [0.4, 0.5) is 0 Å². The summed E-state index contributed by atoms with van der Waals surface area (Å²) in [7, 11) is 0. The molecule has 0 aliphatic rings. The van der Waals surface area contributed by atoms with Crippen LogP contribution in [0, 0.1) is 13.8 Å². The minimum absolute atomic E-state index is 0.0536. The second-order valence-corrected chi connectivity index (χ2v) is 5.46. The zero-order chi connectivity index (χ0) is 15.0. The van der Waals surface area contributed by atoms with Gasteiger partial charge >= 0.3 is 5.97 Å². The minimum atomic E-state index is -1.09. The van der Waals surface area contributed by atoms with Crippen LogP contribution in [0.3, 0.4) is 0 Å². The highest BCUT2D eigenvalue weighted by molar-refractivity contribution is 7.12. The average Bonchev–Trinajstić information content (AvgIpc) is 3.06. The fourth-order valence-electron chi connectivity index (χ4n) is 1.93. The van der Waals surface area contributed by atoms with Crippen LogP contribution in [0.1, 0.15) is 21.7 Å². The van der Waals surface area contributed by atoms with E-state index in [-0.39, 0.29) is 5.69 Å². The summed E-state index contributed by atoms with van der Waals surface area (Å²) < 4.78 is 1.45. The van der Waals surface area contributed by atoms with Crippen LogP contribution in [0.15, 0.2) is 29.6 Å². The maximum atomic E-state index is 11.0. The van der Waals surface area contributed by atoms with Gasteiger partial charge in [0.05, 0.1) is 11.4 Å². The third-order valence-corrected chi connectivity index (χ3v) is 3.93. The molecule has 7 heteroatoms. The number of thiazole rings is 1. The number of aromatic nitrogens is 4. The fraction of sp³-hybridized carbons (Fsp3) is 0.143. The molecule has 0 amide bonds. The molecule has 0 atom stereocenters. The van der Waals surface area contributed by atoms with Gasteiger partial charge in [0, 0.05) is 10.9 Å². The van der Waals surface area contributed by atoms with Crippen molar-refractivity contribution < 1.29 is 9.90 Å². The first-order chi connectivity index (χ1) is 10.1. The standard InChI is InChI=1S/C14H12N4O2S/c1-8-3-5-10(6-4-8)11-7-21-14(15-11)18-9(2)12(13(19)20)16-17-18/h3-7H,1-2H3,(H,19,20). The van der Waals surface area contributed by atoms with Crippen LogP contribution in [-0.4, -0.2) is 31.1 Å². The second-order valence-electron chi connectivity index (χ2n) is 4.62. The summed E-state index contributed by atoms with van der Waals surface area (Å²) in [4.78, 5) is 15.5. The molecule has 1 N–H and O–H groups in total. The molecule has 0 aliphatic heterocycles. The Kier molecular flexibility index (Phi) is 3.26. The van der Waals surface area contributed by atoms with Crippen LogP contribution >= 0.6 is 11.3 Å². The smallest absolute Gasteiger partial charge is 0.358 e. The van der Waals surface area contributed by atoms with Gasteiger partial charge in [0.25, 0.3) is 0 Å². The van der Waals surface area contributed by atoms with E-state index in [0.29, 0.717) is 10.8 Å². The normalized spacial score (nSPS) is 10.8. The molecule has 0 radical (unpaired) electrons. The summed E-state index contributed by atoms with van der Waals surface area (Å²) in [5, 5.41) is 19.0. The zero-order valence-electron chi connectivity index (χ0n) is 11.4. The first kappa shape index (κ1) is 13.4. The van der Waals surface area contributed by atoms with Crippen molar-refractivity contribution in [1.82, 2.24) is 20.0 Å². The summed E-state index contributed by atoms with van der Waals surface area (Å²) in [6.07, 6.45) is 0. The number of nitrogens with zero attached hydrogens (tertiary/aromatic N) is 4. The van der Waals surface area contributed by atoms with Crippen LogP contribution < -0.4 is 0 Å². The summed E-state index contributed by atoms with van der Waals surface area (Å²) >= 11 is 1.40. The van der Waals surface area contributed by atoms with E-state index >= 15 is 0 Å². The van der Waals surface area contributed by atoms with E-state index in [2.05, 4.69) is 15.3 Å². The number of hydrogen-bond donors (Lipinski definition) is 1. The Morgan fingerprint density at radius 1 is 1.24 bits per heavy atom. The molecule has 106 valence electrons. The Labute approximate surface area is 124 Å². The molecule has 0 aliphatic carbocycles. The van der Waals surface area contributed by atoms with Gasteiger partial charge in [-0.1, -0.05) is 35.0 Å². The van der Waals surface area contributed by atoms with E-state index in [9.17, 15) is 4.79 Å². The van der Waals surface area contributed by atoms with E-state index in [1.807, 2.05) is 36.6 Å². The highest BCUT2D eigenvalue weighted by Gasteiger charge is 2.18. The van der Waals surface area contributed by atoms with Gasteiger partial charge < -0.3 is 5.11 Å². The van der Waals surface area contributed by atoms with Crippen LogP contribution in [0.5, 0.6) is 0 Å². The van der Waals surface area contributed by atoms with Crippen molar-refractivity contribution in [3.63, 3.8) is 0 Å². The number of aromatic carboxylic acids is 1. The number of aryl methyl sites for hydroxylation is 1. The largest absolute Gasteiger partial charge is 0.476 e. The van der Waals surface area contributed by atoms with Crippen molar-refractivity contribution >= 4 is 17.3 Å². The van der Waals surface area contributed by atoms with Crippen molar-refractivity contribution in [2.45, 2.75) is 13.8 Å². The lowest BCUT2D eigenvalue weighted by Crippen LogP contribution is -2.02. The number of carbonyl (C=O) groups is 1. The van der Waals surface area contributed by atoms with E-state index in [1.165, 1.54) is 21.6 Å². The Hall–Kier alpha value is -2.54. The molecule has 0 bridgehead atoms. The van der Waals surface area contributed by atoms with Crippen LogP contribution in [0.2, 0.25) is 0 Å². The quantitative estimate of drug-likeness (QED) is 0.804. The topological polar surface area (TPSA) is 80.9 Å². The molecule has 0 fully saturated rings. The lowest BCUT2D eigenvalue weighted by Gasteiger charge is -1.98. The summed E-state index contributed by atoms with van der Waals surface area (Å²) in [5.74, 6) is -1.09. The molecule has 2 heterocycles. The van der Waals surface area contributed by atoms with E-state index < -0.39 is 5.97 Å². The molecule has 3 rings (SSSR count). The summed E-state index contributed by atoms with van der Waals surface area (Å²) in [6.45, 7) is 3.69. The van der Waals surface area contributed by atoms with Crippen molar-refractivity contribution in [1.29, 1.82) is 0 Å². The Bertz CT molecular complexity index is 805. The minimum Gasteiger partial charge on any atom is -0.476 e. The van der Waals surface area contributed by atoms with Crippen molar-refractivity contribution in [3.8, 4) is 16.4 Å². The first-order valence-electron chi connectivity index (χ1n) is 6.25. The van der Waals surface area contributed by atoms with Gasteiger partial charge in [-0.3, -0.25) is 0 Å². The molecule has 2 aromatic heterocycles. The summed E-state index contributed by atoms with van der Waals surface area (Å²) in [5.41, 5.74) is 3.45. The van der Waals surface area contributed by atoms with Gasteiger partial charge in [-0.15, -0.1) is 16.4 Å². The molecular weight excluding hydrogens is 288 g/mol. The molecule has 1 aromatic carbocycles. The van der Waals surface area contributed by atoms with Gasteiger partial charge in [0.2, 0.25) is 5.13 Å². The Morgan fingerprint density at radius 2 is 1.95 bits per heavy atom. The van der Waals surface area contributed by atoms with Gasteiger partial charge in [-0.25, -0.2) is 9.78 Å².